The summed E-state index contributed by atoms with van der Waals surface area (Å²) in [5.41, 5.74) is 0. The van der Waals surface area contributed by atoms with E-state index in [0.717, 1.165) is 12.8 Å². The van der Waals surface area contributed by atoms with E-state index in [1.165, 1.54) is 9.80 Å². The van der Waals surface area contributed by atoms with Crippen LogP contribution in [0.2, 0.25) is 0 Å². The Morgan fingerprint density at radius 3 is 1.15 bits per heavy atom. The maximum Gasteiger partial charge on any atom is 0.312 e. The Morgan fingerprint density at radius 1 is 0.600 bits per heavy atom. The van der Waals surface area contributed by atoms with E-state index < -0.39 is 11.8 Å². The van der Waals surface area contributed by atoms with Gasteiger partial charge in [-0.25, -0.2) is 0 Å². The summed E-state index contributed by atoms with van der Waals surface area (Å²) in [7, 11) is 0. The Kier molecular flexibility index (Phi) is 4.54. The van der Waals surface area contributed by atoms with Crippen LogP contribution in [0.5, 0.6) is 0 Å². The molecule has 4 amide bonds. The van der Waals surface area contributed by atoms with Crippen molar-refractivity contribution in [1.29, 1.82) is 0 Å². The second-order valence-corrected chi connectivity index (χ2v) is 4.87. The molecule has 0 saturated carbocycles. The number of nitrogens with zero attached hydrogens (tertiary/aromatic N) is 4. The molecule has 0 N–H and O–H groups in total. The Morgan fingerprint density at radius 2 is 0.900 bits per heavy atom. The summed E-state index contributed by atoms with van der Waals surface area (Å²) in [5, 5.41) is 0. The molecule has 0 aromatic carbocycles. The Labute approximate surface area is 116 Å². The van der Waals surface area contributed by atoms with Gasteiger partial charge in [-0.15, -0.1) is 0 Å². The normalized spacial score (nSPS) is 19.8. The van der Waals surface area contributed by atoms with Gasteiger partial charge in [-0.1, -0.05) is 0 Å². The quantitative estimate of drug-likeness (QED) is 0.417. The van der Waals surface area contributed by atoms with Gasteiger partial charge in [0.2, 0.25) is 12.8 Å². The molecule has 2 fully saturated rings. The lowest BCUT2D eigenvalue weighted by Crippen LogP contribution is -2.56. The molecule has 0 bridgehead atoms. The third kappa shape index (κ3) is 3.06. The molecule has 8 nitrogen and oxygen atoms in total. The summed E-state index contributed by atoms with van der Waals surface area (Å²) < 4.78 is 0. The van der Waals surface area contributed by atoms with Crippen molar-refractivity contribution in [2.75, 3.05) is 52.4 Å². The van der Waals surface area contributed by atoms with Crippen molar-refractivity contribution < 1.29 is 19.2 Å². The minimum Gasteiger partial charge on any atom is -0.342 e. The zero-order chi connectivity index (χ0) is 14.5. The van der Waals surface area contributed by atoms with Crippen LogP contribution in [0.3, 0.4) is 0 Å². The van der Waals surface area contributed by atoms with Crippen molar-refractivity contribution in [2.24, 2.45) is 0 Å². The van der Waals surface area contributed by atoms with Crippen LogP contribution in [-0.4, -0.2) is 96.6 Å². The van der Waals surface area contributed by atoms with E-state index in [4.69, 9.17) is 0 Å². The van der Waals surface area contributed by atoms with Gasteiger partial charge in [0.1, 0.15) is 0 Å². The first-order chi connectivity index (χ1) is 9.65. The summed E-state index contributed by atoms with van der Waals surface area (Å²) in [6.07, 6.45) is 1.50. The van der Waals surface area contributed by atoms with Crippen LogP contribution in [0.15, 0.2) is 0 Å². The van der Waals surface area contributed by atoms with Gasteiger partial charge in [0.05, 0.1) is 0 Å². The Hall–Kier alpha value is -2.12. The van der Waals surface area contributed by atoms with Gasteiger partial charge in [0, 0.05) is 52.4 Å². The number of amides is 4. The lowest BCUT2D eigenvalue weighted by Gasteiger charge is -2.35. The molecule has 20 heavy (non-hydrogen) atoms. The zero-order valence-corrected chi connectivity index (χ0v) is 11.2. The number of carbonyl (C=O) groups is 4. The van der Waals surface area contributed by atoms with Crippen molar-refractivity contribution in [1.82, 2.24) is 19.6 Å². The van der Waals surface area contributed by atoms with E-state index in [-0.39, 0.29) is 0 Å². The van der Waals surface area contributed by atoms with Crippen molar-refractivity contribution in [3.8, 4) is 0 Å². The van der Waals surface area contributed by atoms with Crippen LogP contribution >= 0.6 is 0 Å². The minimum atomic E-state index is -0.518. The standard InChI is InChI=1S/C12H18N4O4/c17-9-13-1-5-15(6-2-13)11(19)12(20)16-7-3-14(10-18)4-8-16/h9-10H,1-8H2. The van der Waals surface area contributed by atoms with Crippen LogP contribution in [0.1, 0.15) is 0 Å². The molecule has 0 atom stereocenters. The average molecular weight is 282 g/mol. The SMILES string of the molecule is O=CN1CCN(C(=O)C(=O)N2CCN(C=O)CC2)CC1. The second-order valence-electron chi connectivity index (χ2n) is 4.87. The van der Waals surface area contributed by atoms with Crippen molar-refractivity contribution in [3.63, 3.8) is 0 Å². The molecule has 0 aliphatic carbocycles. The minimum absolute atomic E-state index is 0.387. The summed E-state index contributed by atoms with van der Waals surface area (Å²) in [4.78, 5) is 51.5. The van der Waals surface area contributed by atoms with E-state index in [0.29, 0.717) is 52.4 Å². The number of hydrogen-bond donors (Lipinski definition) is 0. The molecule has 0 unspecified atom stereocenters. The number of rotatable bonds is 2. The van der Waals surface area contributed by atoms with Crippen LogP contribution in [-0.2, 0) is 19.2 Å². The largest absolute Gasteiger partial charge is 0.342 e. The number of hydrogen-bond acceptors (Lipinski definition) is 4. The first kappa shape index (κ1) is 14.3. The van der Waals surface area contributed by atoms with Crippen molar-refractivity contribution in [2.45, 2.75) is 0 Å². The maximum absolute atomic E-state index is 12.1. The van der Waals surface area contributed by atoms with Crippen LogP contribution in [0, 0.1) is 0 Å². The van der Waals surface area contributed by atoms with Gasteiger partial charge >= 0.3 is 11.8 Å². The fourth-order valence-electron chi connectivity index (χ4n) is 2.33. The molecule has 2 rings (SSSR count). The van der Waals surface area contributed by atoms with Gasteiger partial charge in [0.25, 0.3) is 0 Å². The fraction of sp³-hybridized carbons (Fsp3) is 0.667. The highest BCUT2D eigenvalue weighted by Gasteiger charge is 2.30. The molecule has 2 aliphatic heterocycles. The topological polar surface area (TPSA) is 81.2 Å². The first-order valence-corrected chi connectivity index (χ1v) is 6.62. The third-order valence-electron chi connectivity index (χ3n) is 3.68. The molecular formula is C12H18N4O4. The summed E-state index contributed by atoms with van der Waals surface area (Å²) in [6, 6.07) is 0. The lowest BCUT2D eigenvalue weighted by atomic mass is 10.2. The van der Waals surface area contributed by atoms with E-state index >= 15 is 0 Å². The van der Waals surface area contributed by atoms with Crippen LogP contribution in [0.25, 0.3) is 0 Å². The molecule has 2 saturated heterocycles. The Balaban J connectivity index is 1.85. The third-order valence-corrected chi connectivity index (χ3v) is 3.68. The molecule has 0 radical (unpaired) electrons. The van der Waals surface area contributed by atoms with E-state index in [1.807, 2.05) is 0 Å². The first-order valence-electron chi connectivity index (χ1n) is 6.62. The molecule has 0 spiro atoms. The smallest absolute Gasteiger partial charge is 0.312 e. The fourth-order valence-corrected chi connectivity index (χ4v) is 2.33. The van der Waals surface area contributed by atoms with Gasteiger partial charge < -0.3 is 19.6 Å². The predicted octanol–water partition coefficient (Wildman–Crippen LogP) is -2.41. The molecule has 0 aromatic heterocycles. The highest BCUT2D eigenvalue weighted by atomic mass is 16.2. The summed E-state index contributed by atoms with van der Waals surface area (Å²) in [5.74, 6) is -1.04. The molecule has 2 heterocycles. The zero-order valence-electron chi connectivity index (χ0n) is 11.2. The van der Waals surface area contributed by atoms with Crippen LogP contribution in [0.4, 0.5) is 0 Å². The van der Waals surface area contributed by atoms with Crippen LogP contribution < -0.4 is 0 Å². The highest BCUT2D eigenvalue weighted by molar-refractivity contribution is 6.34. The van der Waals surface area contributed by atoms with Crippen molar-refractivity contribution in [3.05, 3.63) is 0 Å². The molecule has 110 valence electrons. The van der Waals surface area contributed by atoms with E-state index in [2.05, 4.69) is 0 Å². The van der Waals surface area contributed by atoms with Gasteiger partial charge in [-0.2, -0.15) is 0 Å². The summed E-state index contributed by atoms with van der Waals surface area (Å²) >= 11 is 0. The number of piperazine rings is 2. The monoisotopic (exact) mass is 282 g/mol. The van der Waals surface area contributed by atoms with Crippen molar-refractivity contribution >= 4 is 24.6 Å². The predicted molar refractivity (Wildman–Crippen MR) is 68.4 cm³/mol. The average Bonchev–Trinajstić information content (AvgIpc) is 2.53. The second kappa shape index (κ2) is 6.36. The molecule has 2 aliphatic rings. The molecular weight excluding hydrogens is 264 g/mol. The van der Waals surface area contributed by atoms with Gasteiger partial charge in [-0.05, 0) is 0 Å². The van der Waals surface area contributed by atoms with Gasteiger partial charge in [0.15, 0.2) is 0 Å². The molecule has 8 heteroatoms. The Bertz CT molecular complexity index is 360. The maximum atomic E-state index is 12.1. The van der Waals surface area contributed by atoms with Gasteiger partial charge in [-0.3, -0.25) is 19.2 Å². The lowest BCUT2D eigenvalue weighted by molar-refractivity contribution is -0.154. The highest BCUT2D eigenvalue weighted by Crippen LogP contribution is 2.05. The molecule has 0 aromatic rings. The number of carbonyl (C=O) groups excluding carboxylic acids is 4. The van der Waals surface area contributed by atoms with E-state index in [9.17, 15) is 19.2 Å². The van der Waals surface area contributed by atoms with E-state index in [1.54, 1.807) is 9.80 Å². The summed E-state index contributed by atoms with van der Waals surface area (Å²) in [6.45, 7) is 3.39.